The Morgan fingerprint density at radius 1 is 1.50 bits per heavy atom. The summed E-state index contributed by atoms with van der Waals surface area (Å²) in [4.78, 5) is 13.9. The molecule has 6 N–H and O–H groups in total. The summed E-state index contributed by atoms with van der Waals surface area (Å²) >= 11 is 3.81. The van der Waals surface area contributed by atoms with Gasteiger partial charge < -0.3 is 17.2 Å². The van der Waals surface area contributed by atoms with E-state index in [4.69, 9.17) is 17.2 Å². The second-order valence-corrected chi connectivity index (χ2v) is 2.02. The summed E-state index contributed by atoms with van der Waals surface area (Å²) in [7, 11) is 0. The van der Waals surface area contributed by atoms with Crippen molar-refractivity contribution in [3.63, 3.8) is 0 Å². The Morgan fingerprint density at radius 3 is 2.10 bits per heavy atom. The van der Waals surface area contributed by atoms with E-state index in [1.54, 1.807) is 0 Å². The van der Waals surface area contributed by atoms with Crippen LogP contribution >= 0.6 is 12.6 Å². The molecule has 0 saturated carbocycles. The molecule has 6 heteroatoms. The monoisotopic (exact) mass is 162 g/mol. The number of primary amides is 1. The van der Waals surface area contributed by atoms with Crippen molar-refractivity contribution in [2.45, 2.75) is 6.04 Å². The first-order chi connectivity index (χ1) is 4.57. The van der Waals surface area contributed by atoms with Crippen molar-refractivity contribution in [2.24, 2.45) is 22.2 Å². The number of aliphatic imine (C=N–C) groups is 1. The lowest BCUT2D eigenvalue weighted by atomic mass is 10.3. The van der Waals surface area contributed by atoms with E-state index in [2.05, 4.69) is 17.6 Å². The van der Waals surface area contributed by atoms with E-state index in [1.165, 1.54) is 0 Å². The number of carbonyl (C=O) groups excluding carboxylic acids is 1. The van der Waals surface area contributed by atoms with Crippen LogP contribution in [-0.4, -0.2) is 23.7 Å². The zero-order valence-electron chi connectivity index (χ0n) is 5.32. The summed E-state index contributed by atoms with van der Waals surface area (Å²) in [6, 6.07) is -0.715. The van der Waals surface area contributed by atoms with Crippen LogP contribution in [0.1, 0.15) is 0 Å². The van der Waals surface area contributed by atoms with Crippen LogP contribution < -0.4 is 17.2 Å². The number of guanidine groups is 1. The molecule has 0 saturated heterocycles. The van der Waals surface area contributed by atoms with Gasteiger partial charge in [0.2, 0.25) is 5.91 Å². The molecule has 0 heterocycles. The first-order valence-electron chi connectivity index (χ1n) is 2.57. The van der Waals surface area contributed by atoms with Crippen molar-refractivity contribution in [1.82, 2.24) is 0 Å². The molecule has 0 aromatic rings. The molecule has 1 atom stereocenters. The highest BCUT2D eigenvalue weighted by Gasteiger charge is 2.10. The van der Waals surface area contributed by atoms with Crippen molar-refractivity contribution in [3.8, 4) is 0 Å². The zero-order valence-corrected chi connectivity index (χ0v) is 6.21. The predicted molar refractivity (Wildman–Crippen MR) is 42.6 cm³/mol. The maximum Gasteiger partial charge on any atom is 0.243 e. The minimum absolute atomic E-state index is 0.155. The maximum atomic E-state index is 10.4. The Kier molecular flexibility index (Phi) is 3.63. The minimum Gasteiger partial charge on any atom is -0.370 e. The molecular weight excluding hydrogens is 152 g/mol. The van der Waals surface area contributed by atoms with Gasteiger partial charge in [0, 0.05) is 5.75 Å². The van der Waals surface area contributed by atoms with Crippen LogP contribution in [0.2, 0.25) is 0 Å². The standard InChI is InChI=1S/C4H10N4OS/c5-3(9)2(1-10)8-4(6)7/h2,10H,1H2,(H2,5,9)(H4,6,7,8). The summed E-state index contributed by atoms with van der Waals surface area (Å²) in [6.07, 6.45) is 0. The van der Waals surface area contributed by atoms with Crippen LogP contribution in [0.5, 0.6) is 0 Å². The average Bonchev–Trinajstić information content (AvgIpc) is 1.81. The number of carbonyl (C=O) groups is 1. The van der Waals surface area contributed by atoms with Crippen molar-refractivity contribution in [1.29, 1.82) is 0 Å². The Balaban J connectivity index is 4.09. The highest BCUT2D eigenvalue weighted by molar-refractivity contribution is 7.80. The molecule has 10 heavy (non-hydrogen) atoms. The van der Waals surface area contributed by atoms with Crippen molar-refractivity contribution < 1.29 is 4.79 Å². The summed E-state index contributed by atoms with van der Waals surface area (Å²) in [6.45, 7) is 0. The van der Waals surface area contributed by atoms with Crippen LogP contribution in [0.3, 0.4) is 0 Å². The van der Waals surface area contributed by atoms with E-state index in [0.717, 1.165) is 0 Å². The predicted octanol–water partition coefficient (Wildman–Crippen LogP) is -1.96. The number of nitrogens with two attached hydrogens (primary N) is 3. The molecular formula is C4H10N4OS. The summed E-state index contributed by atoms with van der Waals surface area (Å²) < 4.78 is 0. The highest BCUT2D eigenvalue weighted by atomic mass is 32.1. The minimum atomic E-state index is -0.715. The number of thiol groups is 1. The first kappa shape index (κ1) is 9.09. The Morgan fingerprint density at radius 2 is 2.00 bits per heavy atom. The van der Waals surface area contributed by atoms with Gasteiger partial charge in [-0.05, 0) is 0 Å². The summed E-state index contributed by atoms with van der Waals surface area (Å²) in [5, 5.41) is 0. The Labute approximate surface area is 64.1 Å². The van der Waals surface area contributed by atoms with Gasteiger partial charge >= 0.3 is 0 Å². The van der Waals surface area contributed by atoms with E-state index in [9.17, 15) is 4.79 Å². The maximum absolute atomic E-state index is 10.4. The molecule has 0 radical (unpaired) electrons. The number of amides is 1. The fourth-order valence-corrected chi connectivity index (χ4v) is 0.636. The van der Waals surface area contributed by atoms with Crippen molar-refractivity contribution >= 4 is 24.5 Å². The third-order valence-corrected chi connectivity index (χ3v) is 1.15. The molecule has 0 aromatic carbocycles. The molecule has 0 aliphatic heterocycles. The molecule has 0 bridgehead atoms. The highest BCUT2D eigenvalue weighted by Crippen LogP contribution is 1.91. The third kappa shape index (κ3) is 3.18. The lowest BCUT2D eigenvalue weighted by molar-refractivity contribution is -0.118. The molecule has 0 aromatic heterocycles. The van der Waals surface area contributed by atoms with E-state index < -0.39 is 11.9 Å². The van der Waals surface area contributed by atoms with Crippen LogP contribution in [-0.2, 0) is 4.79 Å². The molecule has 0 spiro atoms. The van der Waals surface area contributed by atoms with Gasteiger partial charge in [0.25, 0.3) is 0 Å². The molecule has 0 rings (SSSR count). The van der Waals surface area contributed by atoms with Gasteiger partial charge in [-0.2, -0.15) is 12.6 Å². The second kappa shape index (κ2) is 3.99. The van der Waals surface area contributed by atoms with Gasteiger partial charge in [0.05, 0.1) is 0 Å². The van der Waals surface area contributed by atoms with Gasteiger partial charge in [-0.15, -0.1) is 0 Å². The Hall–Kier alpha value is -0.910. The average molecular weight is 162 g/mol. The second-order valence-electron chi connectivity index (χ2n) is 1.65. The molecule has 0 aliphatic carbocycles. The topological polar surface area (TPSA) is 107 Å². The van der Waals surface area contributed by atoms with Gasteiger partial charge in [0.1, 0.15) is 6.04 Å². The number of hydrogen-bond donors (Lipinski definition) is 4. The normalized spacial score (nSPS) is 12.1. The van der Waals surface area contributed by atoms with E-state index in [0.29, 0.717) is 0 Å². The molecule has 0 aliphatic rings. The van der Waals surface area contributed by atoms with Crippen LogP contribution in [0.25, 0.3) is 0 Å². The Bertz CT molecular complexity index is 153. The fourth-order valence-electron chi connectivity index (χ4n) is 0.374. The van der Waals surface area contributed by atoms with Crippen molar-refractivity contribution in [2.75, 3.05) is 5.75 Å². The van der Waals surface area contributed by atoms with Crippen LogP contribution in [0.4, 0.5) is 0 Å². The summed E-state index contributed by atoms with van der Waals surface area (Å²) in [5.74, 6) is -0.519. The van der Waals surface area contributed by atoms with Gasteiger partial charge in [0.15, 0.2) is 5.96 Å². The molecule has 58 valence electrons. The fraction of sp³-hybridized carbons (Fsp3) is 0.500. The number of nitrogens with zero attached hydrogens (tertiary/aromatic N) is 1. The van der Waals surface area contributed by atoms with Crippen molar-refractivity contribution in [3.05, 3.63) is 0 Å². The van der Waals surface area contributed by atoms with Gasteiger partial charge in [-0.25, -0.2) is 4.99 Å². The molecule has 1 unspecified atom stereocenters. The molecule has 0 fully saturated rings. The van der Waals surface area contributed by atoms with Crippen LogP contribution in [0.15, 0.2) is 4.99 Å². The largest absolute Gasteiger partial charge is 0.370 e. The molecule has 5 nitrogen and oxygen atoms in total. The SMILES string of the molecule is NC(=O)C(CS)N=C(N)N. The lowest BCUT2D eigenvalue weighted by Crippen LogP contribution is -2.33. The van der Waals surface area contributed by atoms with Gasteiger partial charge in [-0.1, -0.05) is 0 Å². The van der Waals surface area contributed by atoms with E-state index in [1.807, 2.05) is 0 Å². The number of rotatable bonds is 3. The third-order valence-electron chi connectivity index (χ3n) is 0.806. The van der Waals surface area contributed by atoms with Gasteiger partial charge in [-0.3, -0.25) is 4.79 Å². The number of hydrogen-bond acceptors (Lipinski definition) is 3. The summed E-state index contributed by atoms with van der Waals surface area (Å²) in [5.41, 5.74) is 14.9. The quantitative estimate of drug-likeness (QED) is 0.220. The molecule has 1 amide bonds. The van der Waals surface area contributed by atoms with E-state index in [-0.39, 0.29) is 11.7 Å². The lowest BCUT2D eigenvalue weighted by Gasteiger charge is -2.02. The van der Waals surface area contributed by atoms with E-state index >= 15 is 0 Å². The first-order valence-corrected chi connectivity index (χ1v) is 3.20. The zero-order chi connectivity index (χ0) is 8.15. The van der Waals surface area contributed by atoms with Crippen LogP contribution in [0, 0.1) is 0 Å². The smallest absolute Gasteiger partial charge is 0.243 e.